The van der Waals surface area contributed by atoms with Gasteiger partial charge in [0.15, 0.2) is 5.78 Å². The molecule has 9 nitrogen and oxygen atoms in total. The summed E-state index contributed by atoms with van der Waals surface area (Å²) in [6, 6.07) is 0.0871. The number of carbonyl (C=O) groups excluding carboxylic acids is 2. The first-order chi connectivity index (χ1) is 19.8. The van der Waals surface area contributed by atoms with E-state index in [-0.39, 0.29) is 54.0 Å². The van der Waals surface area contributed by atoms with Crippen molar-refractivity contribution in [1.29, 1.82) is 0 Å². The Kier molecular flexibility index (Phi) is 9.03. The second kappa shape index (κ2) is 12.6. The zero-order chi connectivity index (χ0) is 28.7. The van der Waals surface area contributed by atoms with Gasteiger partial charge in [0, 0.05) is 77.1 Å². The van der Waals surface area contributed by atoms with Crippen LogP contribution in [0.25, 0.3) is 0 Å². The van der Waals surface area contributed by atoms with Crippen molar-refractivity contribution in [2.24, 2.45) is 5.92 Å². The molecule has 2 aliphatic carbocycles. The predicted octanol–water partition coefficient (Wildman–Crippen LogP) is 1.34. The summed E-state index contributed by atoms with van der Waals surface area (Å²) in [6.45, 7) is 13.7. The van der Waals surface area contributed by atoms with Crippen LogP contribution in [0.5, 0.6) is 0 Å². The molecule has 1 N–H and O–H groups in total. The van der Waals surface area contributed by atoms with E-state index in [0.29, 0.717) is 12.6 Å². The molecule has 4 aliphatic heterocycles. The number of piperazine rings is 2. The van der Waals surface area contributed by atoms with Crippen LogP contribution in [0.1, 0.15) is 52.4 Å². The number of alkyl halides is 1. The first-order valence-corrected chi connectivity index (χ1v) is 16.3. The molecule has 0 spiro atoms. The van der Waals surface area contributed by atoms with Gasteiger partial charge in [-0.2, -0.15) is 0 Å². The summed E-state index contributed by atoms with van der Waals surface area (Å²) in [5.74, 6) is -1.04. The number of Topliss-reactive ketones (excluding diaryl/α,β-unsaturated/α-hetero) is 1. The third-order valence-electron chi connectivity index (χ3n) is 10.8. The molecule has 10 heteroatoms. The highest BCUT2D eigenvalue weighted by molar-refractivity contribution is 6.20. The molecule has 0 aromatic carbocycles. The summed E-state index contributed by atoms with van der Waals surface area (Å²) >= 11 is 0. The molecule has 7 unspecified atom stereocenters. The molecule has 4 heterocycles. The van der Waals surface area contributed by atoms with Gasteiger partial charge >= 0.3 is 0 Å². The molecule has 0 radical (unpaired) electrons. The number of amides is 1. The van der Waals surface area contributed by atoms with Crippen LogP contribution < -0.4 is 5.32 Å². The number of nitrogens with zero attached hydrogens (tertiary/aromatic N) is 5. The number of fused-ring (bicyclic) bond motifs is 2. The SMILES string of the molecule is CC(C)N1CCN(C2C(F)CC3C(=O)C(C(=O)NCCCN4CCN(C)CC4)=CN4C5CCCCC5OC2C34)CC1. The molecule has 6 rings (SSSR count). The van der Waals surface area contributed by atoms with Crippen LogP contribution in [0.15, 0.2) is 11.8 Å². The molecular weight excluding hydrogens is 523 g/mol. The van der Waals surface area contributed by atoms with E-state index < -0.39 is 12.1 Å². The number of carbonyl (C=O) groups is 2. The van der Waals surface area contributed by atoms with Gasteiger partial charge in [-0.1, -0.05) is 12.8 Å². The zero-order valence-electron chi connectivity index (χ0n) is 25.3. The molecule has 41 heavy (non-hydrogen) atoms. The van der Waals surface area contributed by atoms with Crippen molar-refractivity contribution in [3.8, 4) is 0 Å². The van der Waals surface area contributed by atoms with E-state index in [2.05, 4.69) is 50.7 Å². The first-order valence-electron chi connectivity index (χ1n) is 16.3. The lowest BCUT2D eigenvalue weighted by Gasteiger charge is -2.60. The largest absolute Gasteiger partial charge is 0.369 e. The molecule has 3 saturated heterocycles. The van der Waals surface area contributed by atoms with Crippen molar-refractivity contribution in [2.75, 3.05) is 72.5 Å². The molecule has 7 atom stereocenters. The molecule has 6 aliphatic rings. The molecule has 1 amide bonds. The summed E-state index contributed by atoms with van der Waals surface area (Å²) < 4.78 is 23.0. The van der Waals surface area contributed by atoms with E-state index in [0.717, 1.165) is 91.0 Å². The maximum absolute atomic E-state index is 16.2. The number of ether oxygens (including phenoxy) is 1. The van der Waals surface area contributed by atoms with Crippen LogP contribution in [0.4, 0.5) is 4.39 Å². The molecule has 230 valence electrons. The van der Waals surface area contributed by atoms with Gasteiger partial charge in [0.1, 0.15) is 6.17 Å². The van der Waals surface area contributed by atoms with E-state index in [1.165, 1.54) is 0 Å². The molecule has 5 fully saturated rings. The number of likely N-dealkylation sites (N-methyl/N-ethyl adjacent to an activating group) is 1. The number of hydrogen-bond acceptors (Lipinski definition) is 8. The van der Waals surface area contributed by atoms with Crippen LogP contribution in [-0.4, -0.2) is 151 Å². The Morgan fingerprint density at radius 2 is 1.78 bits per heavy atom. The highest BCUT2D eigenvalue weighted by Crippen LogP contribution is 2.46. The maximum Gasteiger partial charge on any atom is 0.256 e. The minimum Gasteiger partial charge on any atom is -0.369 e. The van der Waals surface area contributed by atoms with Crippen molar-refractivity contribution < 1.29 is 18.7 Å². The third kappa shape index (κ3) is 5.96. The second-order valence-corrected chi connectivity index (χ2v) is 13.6. The Hall–Kier alpha value is -1.59. The number of hydrogen-bond donors (Lipinski definition) is 1. The summed E-state index contributed by atoms with van der Waals surface area (Å²) in [5, 5.41) is 3.03. The Labute approximate surface area is 245 Å². The van der Waals surface area contributed by atoms with E-state index >= 15 is 4.39 Å². The summed E-state index contributed by atoms with van der Waals surface area (Å²) in [6.07, 6.45) is 5.55. The van der Waals surface area contributed by atoms with E-state index in [4.69, 9.17) is 4.74 Å². The summed E-state index contributed by atoms with van der Waals surface area (Å²) in [4.78, 5) is 39.0. The van der Waals surface area contributed by atoms with Crippen molar-refractivity contribution >= 4 is 11.7 Å². The van der Waals surface area contributed by atoms with Gasteiger partial charge in [0.25, 0.3) is 5.91 Å². The Balaban J connectivity index is 1.17. The summed E-state index contributed by atoms with van der Waals surface area (Å²) in [5.41, 5.74) is 0.215. The van der Waals surface area contributed by atoms with Gasteiger partial charge in [0.2, 0.25) is 0 Å². The third-order valence-corrected chi connectivity index (χ3v) is 10.8. The van der Waals surface area contributed by atoms with Crippen molar-refractivity contribution in [1.82, 2.24) is 29.8 Å². The lowest BCUT2D eigenvalue weighted by atomic mass is 9.69. The second-order valence-electron chi connectivity index (χ2n) is 13.6. The van der Waals surface area contributed by atoms with Gasteiger partial charge in [-0.05, 0) is 53.1 Å². The fourth-order valence-corrected chi connectivity index (χ4v) is 8.38. The summed E-state index contributed by atoms with van der Waals surface area (Å²) in [7, 11) is 2.15. The Bertz CT molecular complexity index is 979. The fraction of sp³-hybridized carbons (Fsp3) is 0.871. The Morgan fingerprint density at radius 1 is 1.05 bits per heavy atom. The molecular formula is C31H51FN6O3. The molecule has 0 aromatic rings. The van der Waals surface area contributed by atoms with Gasteiger partial charge in [0.05, 0.1) is 35.9 Å². The standard InChI is InChI=1S/C31H51FN6O3/c1-21(2)36-15-17-37(18-16-36)28-24(32)19-22-27-30(28)41-26-8-5-4-7-25(26)38(27)20-23(29(22)39)31(40)33-9-6-10-35-13-11-34(3)12-14-35/h20-22,24-28,30H,4-19H2,1-3H3,(H,33,40). The monoisotopic (exact) mass is 574 g/mol. The number of rotatable bonds is 7. The highest BCUT2D eigenvalue weighted by atomic mass is 19.1. The van der Waals surface area contributed by atoms with Crippen LogP contribution in [0.2, 0.25) is 0 Å². The smallest absolute Gasteiger partial charge is 0.256 e. The van der Waals surface area contributed by atoms with Crippen LogP contribution in [0, 0.1) is 5.92 Å². The lowest BCUT2D eigenvalue weighted by Crippen LogP contribution is -2.74. The van der Waals surface area contributed by atoms with E-state index in [9.17, 15) is 9.59 Å². The normalized spacial score (nSPS) is 37.5. The Morgan fingerprint density at radius 3 is 2.51 bits per heavy atom. The topological polar surface area (TPSA) is 71.6 Å². The van der Waals surface area contributed by atoms with Crippen molar-refractivity contribution in [2.45, 2.75) is 94.9 Å². The lowest BCUT2D eigenvalue weighted by molar-refractivity contribution is -0.213. The molecule has 2 saturated carbocycles. The average Bonchev–Trinajstić information content (AvgIpc) is 2.97. The van der Waals surface area contributed by atoms with Gasteiger partial charge in [-0.25, -0.2) is 4.39 Å². The van der Waals surface area contributed by atoms with Crippen molar-refractivity contribution in [3.05, 3.63) is 11.8 Å². The molecule has 0 bridgehead atoms. The molecule has 0 aromatic heterocycles. The predicted molar refractivity (Wildman–Crippen MR) is 156 cm³/mol. The minimum absolute atomic E-state index is 0.0211. The van der Waals surface area contributed by atoms with Crippen molar-refractivity contribution in [3.63, 3.8) is 0 Å². The van der Waals surface area contributed by atoms with Crippen LogP contribution >= 0.6 is 0 Å². The minimum atomic E-state index is -1.15. The number of ketones is 1. The number of halogens is 1. The maximum atomic E-state index is 16.2. The van der Waals surface area contributed by atoms with Crippen LogP contribution in [0.3, 0.4) is 0 Å². The van der Waals surface area contributed by atoms with E-state index in [1.54, 1.807) is 0 Å². The number of nitrogens with one attached hydrogen (secondary N) is 1. The van der Waals surface area contributed by atoms with Gasteiger partial charge < -0.3 is 24.8 Å². The number of morpholine rings is 1. The van der Waals surface area contributed by atoms with Crippen LogP contribution in [-0.2, 0) is 14.3 Å². The average molecular weight is 575 g/mol. The first kappa shape index (κ1) is 29.5. The van der Waals surface area contributed by atoms with Gasteiger partial charge in [-0.3, -0.25) is 19.4 Å². The highest BCUT2D eigenvalue weighted by Gasteiger charge is 2.59. The fourth-order valence-electron chi connectivity index (χ4n) is 8.38. The zero-order valence-corrected chi connectivity index (χ0v) is 25.3. The quantitative estimate of drug-likeness (QED) is 0.361. The van der Waals surface area contributed by atoms with E-state index in [1.807, 2.05) is 6.20 Å². The van der Waals surface area contributed by atoms with Gasteiger partial charge in [-0.15, -0.1) is 0 Å².